The lowest BCUT2D eigenvalue weighted by molar-refractivity contribution is -0.387. The average Bonchev–Trinajstić information content (AvgIpc) is 2.34. The Morgan fingerprint density at radius 2 is 2.11 bits per heavy atom. The number of benzene rings is 1. The molecule has 19 heavy (non-hydrogen) atoms. The van der Waals surface area contributed by atoms with Gasteiger partial charge in [0.15, 0.2) is 9.84 Å². The van der Waals surface area contributed by atoms with Crippen molar-refractivity contribution in [2.45, 2.75) is 17.9 Å². The van der Waals surface area contributed by atoms with Crippen molar-refractivity contribution in [2.75, 3.05) is 25.2 Å². The zero-order valence-corrected chi connectivity index (χ0v) is 11.7. The molecule has 0 radical (unpaired) electrons. The van der Waals surface area contributed by atoms with E-state index >= 15 is 0 Å². The first kappa shape index (κ1) is 15.4. The maximum atomic E-state index is 11.5. The van der Waals surface area contributed by atoms with Crippen LogP contribution >= 0.6 is 0 Å². The number of sulfone groups is 1. The number of anilines is 1. The van der Waals surface area contributed by atoms with Gasteiger partial charge in [-0.3, -0.25) is 10.1 Å². The molecule has 0 heterocycles. The third-order valence-electron chi connectivity index (χ3n) is 2.55. The van der Waals surface area contributed by atoms with Gasteiger partial charge in [0, 0.05) is 31.7 Å². The SMILES string of the molecule is COC(C)CNc1ccc([N+](=O)[O-])c(S(C)(=O)=O)c1. The number of ether oxygens (including phenoxy) is 1. The summed E-state index contributed by atoms with van der Waals surface area (Å²) in [7, 11) is -2.10. The quantitative estimate of drug-likeness (QED) is 0.628. The maximum Gasteiger partial charge on any atom is 0.288 e. The maximum absolute atomic E-state index is 11.5. The number of nitro benzene ring substituents is 1. The number of nitrogens with zero attached hydrogens (tertiary/aromatic N) is 1. The lowest BCUT2D eigenvalue weighted by Crippen LogP contribution is -2.18. The van der Waals surface area contributed by atoms with Gasteiger partial charge in [-0.1, -0.05) is 0 Å². The Balaban J connectivity index is 3.09. The molecule has 106 valence electrons. The lowest BCUT2D eigenvalue weighted by Gasteiger charge is -2.12. The average molecular weight is 288 g/mol. The van der Waals surface area contributed by atoms with Crippen molar-refractivity contribution in [1.82, 2.24) is 0 Å². The Kier molecular flexibility index (Phi) is 4.84. The zero-order chi connectivity index (χ0) is 14.6. The summed E-state index contributed by atoms with van der Waals surface area (Å²) in [5.74, 6) is 0. The van der Waals surface area contributed by atoms with Crippen LogP contribution in [0.5, 0.6) is 0 Å². The van der Waals surface area contributed by atoms with Gasteiger partial charge in [-0.15, -0.1) is 0 Å². The fourth-order valence-corrected chi connectivity index (χ4v) is 2.28. The largest absolute Gasteiger partial charge is 0.382 e. The molecule has 0 aromatic heterocycles. The number of rotatable bonds is 6. The monoisotopic (exact) mass is 288 g/mol. The van der Waals surface area contributed by atoms with Gasteiger partial charge in [-0.25, -0.2) is 8.42 Å². The Morgan fingerprint density at radius 1 is 1.47 bits per heavy atom. The van der Waals surface area contributed by atoms with Crippen LogP contribution < -0.4 is 5.32 Å². The van der Waals surface area contributed by atoms with Gasteiger partial charge in [0.25, 0.3) is 5.69 Å². The Labute approximate surface area is 111 Å². The number of hydrogen-bond donors (Lipinski definition) is 1. The van der Waals surface area contributed by atoms with Gasteiger partial charge >= 0.3 is 0 Å². The molecule has 8 heteroatoms. The predicted molar refractivity (Wildman–Crippen MR) is 71.2 cm³/mol. The molecule has 1 aromatic rings. The van der Waals surface area contributed by atoms with E-state index in [0.717, 1.165) is 6.26 Å². The van der Waals surface area contributed by atoms with E-state index in [1.54, 1.807) is 7.11 Å². The normalized spacial score (nSPS) is 13.0. The molecule has 1 aromatic carbocycles. The van der Waals surface area contributed by atoms with Gasteiger partial charge < -0.3 is 10.1 Å². The van der Waals surface area contributed by atoms with E-state index in [9.17, 15) is 18.5 Å². The van der Waals surface area contributed by atoms with Gasteiger partial charge in [0.05, 0.1) is 11.0 Å². The Bertz CT molecular complexity index is 570. The summed E-state index contributed by atoms with van der Waals surface area (Å²) in [5, 5.41) is 13.8. The van der Waals surface area contributed by atoms with E-state index in [-0.39, 0.29) is 11.0 Å². The van der Waals surface area contributed by atoms with Crippen molar-refractivity contribution < 1.29 is 18.1 Å². The molecular weight excluding hydrogens is 272 g/mol. The van der Waals surface area contributed by atoms with Crippen molar-refractivity contribution >= 4 is 21.2 Å². The van der Waals surface area contributed by atoms with Crippen LogP contribution in [0.15, 0.2) is 23.1 Å². The minimum Gasteiger partial charge on any atom is -0.382 e. The Hall–Kier alpha value is -1.67. The van der Waals surface area contributed by atoms with Crippen LogP contribution in [0.2, 0.25) is 0 Å². The van der Waals surface area contributed by atoms with Crippen molar-refractivity contribution in [1.29, 1.82) is 0 Å². The van der Waals surface area contributed by atoms with Crippen LogP contribution in [0.25, 0.3) is 0 Å². The lowest BCUT2D eigenvalue weighted by atomic mass is 10.2. The van der Waals surface area contributed by atoms with Gasteiger partial charge in [0.2, 0.25) is 0 Å². The third kappa shape index (κ3) is 4.18. The number of methoxy groups -OCH3 is 1. The molecule has 0 fully saturated rings. The molecule has 0 saturated heterocycles. The van der Waals surface area contributed by atoms with Crippen LogP contribution in [0.3, 0.4) is 0 Å². The van der Waals surface area contributed by atoms with Crippen molar-refractivity contribution in [2.24, 2.45) is 0 Å². The molecular formula is C11H16N2O5S. The van der Waals surface area contributed by atoms with Crippen molar-refractivity contribution in [3.63, 3.8) is 0 Å². The second-order valence-corrected chi connectivity index (χ2v) is 6.12. The van der Waals surface area contributed by atoms with Crippen LogP contribution in [-0.2, 0) is 14.6 Å². The molecule has 0 aliphatic heterocycles. The second-order valence-electron chi connectivity index (χ2n) is 4.14. The fourth-order valence-electron chi connectivity index (χ4n) is 1.42. The van der Waals surface area contributed by atoms with Crippen LogP contribution in [0.1, 0.15) is 6.92 Å². The van der Waals surface area contributed by atoms with Gasteiger partial charge in [-0.05, 0) is 19.1 Å². The van der Waals surface area contributed by atoms with Gasteiger partial charge in [0.1, 0.15) is 4.90 Å². The topological polar surface area (TPSA) is 98.5 Å². The molecule has 0 spiro atoms. The van der Waals surface area contributed by atoms with Crippen molar-refractivity contribution in [3.8, 4) is 0 Å². The predicted octanol–water partition coefficient (Wildman–Crippen LogP) is 1.45. The van der Waals surface area contributed by atoms with E-state index < -0.39 is 20.4 Å². The summed E-state index contributed by atoms with van der Waals surface area (Å²) < 4.78 is 28.1. The Morgan fingerprint density at radius 3 is 2.58 bits per heavy atom. The van der Waals surface area contributed by atoms with E-state index in [2.05, 4.69) is 5.32 Å². The first-order valence-corrected chi connectivity index (χ1v) is 7.40. The van der Waals surface area contributed by atoms with Crippen LogP contribution in [0, 0.1) is 10.1 Å². The van der Waals surface area contributed by atoms with Gasteiger partial charge in [-0.2, -0.15) is 0 Å². The fraction of sp³-hybridized carbons (Fsp3) is 0.455. The molecule has 7 nitrogen and oxygen atoms in total. The summed E-state index contributed by atoms with van der Waals surface area (Å²) in [6, 6.07) is 3.90. The summed E-state index contributed by atoms with van der Waals surface area (Å²) in [6.45, 7) is 2.31. The summed E-state index contributed by atoms with van der Waals surface area (Å²) in [4.78, 5) is 9.78. The first-order chi connectivity index (χ1) is 8.75. The smallest absolute Gasteiger partial charge is 0.288 e. The second kappa shape index (κ2) is 5.98. The summed E-state index contributed by atoms with van der Waals surface area (Å²) in [5.41, 5.74) is 0.0720. The highest BCUT2D eigenvalue weighted by Crippen LogP contribution is 2.26. The van der Waals surface area contributed by atoms with E-state index in [0.29, 0.717) is 12.2 Å². The number of hydrogen-bond acceptors (Lipinski definition) is 6. The summed E-state index contributed by atoms with van der Waals surface area (Å²) >= 11 is 0. The molecule has 0 aliphatic rings. The molecule has 1 unspecified atom stereocenters. The molecule has 1 N–H and O–H groups in total. The van der Waals surface area contributed by atoms with Crippen LogP contribution in [-0.4, -0.2) is 39.4 Å². The third-order valence-corrected chi connectivity index (χ3v) is 3.68. The molecule has 0 amide bonds. The summed E-state index contributed by atoms with van der Waals surface area (Å²) in [6.07, 6.45) is 0.883. The molecule has 1 atom stereocenters. The zero-order valence-electron chi connectivity index (χ0n) is 10.9. The van der Waals surface area contributed by atoms with Crippen molar-refractivity contribution in [3.05, 3.63) is 28.3 Å². The highest BCUT2D eigenvalue weighted by molar-refractivity contribution is 7.90. The highest BCUT2D eigenvalue weighted by atomic mass is 32.2. The van der Waals surface area contributed by atoms with E-state index in [4.69, 9.17) is 4.74 Å². The van der Waals surface area contributed by atoms with Crippen LogP contribution in [0.4, 0.5) is 11.4 Å². The number of nitrogens with one attached hydrogen (secondary N) is 1. The minimum atomic E-state index is -3.66. The molecule has 0 aliphatic carbocycles. The molecule has 0 saturated carbocycles. The van der Waals surface area contributed by atoms with E-state index in [1.165, 1.54) is 18.2 Å². The molecule has 1 rings (SSSR count). The molecule has 0 bridgehead atoms. The highest BCUT2D eigenvalue weighted by Gasteiger charge is 2.22. The minimum absolute atomic E-state index is 0.0584. The van der Waals surface area contributed by atoms with E-state index in [1.807, 2.05) is 6.92 Å². The number of nitro groups is 1. The first-order valence-electron chi connectivity index (χ1n) is 5.51. The standard InChI is InChI=1S/C11H16N2O5S/c1-8(18-2)7-12-9-4-5-10(13(14)15)11(6-9)19(3,16)17/h4-6,8,12H,7H2,1-3H3.